The number of morpholine rings is 1. The molecule has 2 saturated heterocycles. The number of ether oxygens (including phenoxy) is 1. The van der Waals surface area contributed by atoms with Crippen LogP contribution in [-0.2, 0) is 14.3 Å². The minimum absolute atomic E-state index is 0.00743. The van der Waals surface area contributed by atoms with Crippen molar-refractivity contribution >= 4 is 11.7 Å². The topological polar surface area (TPSA) is 49.9 Å². The smallest absolute Gasteiger partial charge is 0.230 e. The maximum atomic E-state index is 11.3. The average molecular weight is 226 g/mol. The first-order chi connectivity index (χ1) is 7.75. The standard InChI is InChI=1S/C11H18N2O3/c14-10-8-11(15)13(9-10)3-1-2-12-4-6-16-7-5-12/h1-9H2. The number of Topliss-reactive ketones (excluding diaryl/α,β-unsaturated/α-hetero) is 1. The quantitative estimate of drug-likeness (QED) is 0.607. The summed E-state index contributed by atoms with van der Waals surface area (Å²) < 4.78 is 5.26. The lowest BCUT2D eigenvalue weighted by molar-refractivity contribution is -0.128. The second-order valence-electron chi connectivity index (χ2n) is 4.34. The van der Waals surface area contributed by atoms with E-state index in [0.717, 1.165) is 39.3 Å². The third-order valence-corrected chi connectivity index (χ3v) is 3.07. The van der Waals surface area contributed by atoms with Gasteiger partial charge in [0, 0.05) is 26.2 Å². The van der Waals surface area contributed by atoms with Crippen molar-refractivity contribution < 1.29 is 14.3 Å². The van der Waals surface area contributed by atoms with Crippen molar-refractivity contribution in [2.45, 2.75) is 12.8 Å². The van der Waals surface area contributed by atoms with Crippen LogP contribution in [0.5, 0.6) is 0 Å². The first-order valence-electron chi connectivity index (χ1n) is 5.85. The number of carbonyl (C=O) groups excluding carboxylic acids is 2. The molecule has 0 aromatic carbocycles. The fourth-order valence-corrected chi connectivity index (χ4v) is 2.15. The number of nitrogens with zero attached hydrogens (tertiary/aromatic N) is 2. The molecule has 0 spiro atoms. The summed E-state index contributed by atoms with van der Waals surface area (Å²) in [6, 6.07) is 0. The molecule has 0 aromatic rings. The average Bonchev–Trinajstić information content (AvgIpc) is 2.59. The van der Waals surface area contributed by atoms with E-state index in [1.165, 1.54) is 0 Å². The van der Waals surface area contributed by atoms with Crippen LogP contribution in [0.4, 0.5) is 0 Å². The number of amides is 1. The van der Waals surface area contributed by atoms with Gasteiger partial charge in [-0.05, 0) is 6.42 Å². The maximum Gasteiger partial charge on any atom is 0.230 e. The fraction of sp³-hybridized carbons (Fsp3) is 0.818. The molecular weight excluding hydrogens is 208 g/mol. The Labute approximate surface area is 95.3 Å². The van der Waals surface area contributed by atoms with Crippen LogP contribution in [0, 0.1) is 0 Å². The third-order valence-electron chi connectivity index (χ3n) is 3.07. The molecule has 0 unspecified atom stereocenters. The minimum atomic E-state index is -0.00743. The first kappa shape index (κ1) is 11.5. The summed E-state index contributed by atoms with van der Waals surface area (Å²) >= 11 is 0. The van der Waals surface area contributed by atoms with E-state index >= 15 is 0 Å². The predicted octanol–water partition coefficient (Wildman–Crippen LogP) is -0.490. The normalized spacial score (nSPS) is 23.1. The van der Waals surface area contributed by atoms with Gasteiger partial charge in [-0.2, -0.15) is 0 Å². The Morgan fingerprint density at radius 3 is 2.50 bits per heavy atom. The van der Waals surface area contributed by atoms with E-state index in [4.69, 9.17) is 4.74 Å². The lowest BCUT2D eigenvalue weighted by Crippen LogP contribution is -2.38. The number of hydrogen-bond donors (Lipinski definition) is 0. The zero-order valence-electron chi connectivity index (χ0n) is 9.48. The Bertz CT molecular complexity index is 274. The van der Waals surface area contributed by atoms with E-state index in [0.29, 0.717) is 13.1 Å². The van der Waals surface area contributed by atoms with Crippen LogP contribution < -0.4 is 0 Å². The molecule has 0 bridgehead atoms. The predicted molar refractivity (Wildman–Crippen MR) is 58.1 cm³/mol. The molecule has 5 nitrogen and oxygen atoms in total. The van der Waals surface area contributed by atoms with E-state index in [2.05, 4.69) is 4.90 Å². The highest BCUT2D eigenvalue weighted by atomic mass is 16.5. The van der Waals surface area contributed by atoms with E-state index in [1.54, 1.807) is 4.90 Å². The van der Waals surface area contributed by atoms with Crippen molar-refractivity contribution in [2.24, 2.45) is 0 Å². The first-order valence-corrected chi connectivity index (χ1v) is 5.85. The summed E-state index contributed by atoms with van der Waals surface area (Å²) in [7, 11) is 0. The van der Waals surface area contributed by atoms with Gasteiger partial charge in [0.15, 0.2) is 5.78 Å². The molecule has 16 heavy (non-hydrogen) atoms. The molecule has 1 amide bonds. The highest BCUT2D eigenvalue weighted by Crippen LogP contribution is 2.07. The van der Waals surface area contributed by atoms with Gasteiger partial charge in [-0.15, -0.1) is 0 Å². The van der Waals surface area contributed by atoms with Gasteiger partial charge in [0.2, 0.25) is 5.91 Å². The van der Waals surface area contributed by atoms with Crippen molar-refractivity contribution in [3.8, 4) is 0 Å². The van der Waals surface area contributed by atoms with Gasteiger partial charge in [0.05, 0.1) is 26.2 Å². The maximum absolute atomic E-state index is 11.3. The van der Waals surface area contributed by atoms with E-state index in [-0.39, 0.29) is 18.1 Å². The second kappa shape index (κ2) is 5.41. The number of hydrogen-bond acceptors (Lipinski definition) is 4. The summed E-state index contributed by atoms with van der Waals surface area (Å²) in [5.74, 6) is 0.0448. The molecule has 2 fully saturated rings. The molecule has 0 atom stereocenters. The number of likely N-dealkylation sites (tertiary alicyclic amines) is 1. The fourth-order valence-electron chi connectivity index (χ4n) is 2.15. The molecule has 2 rings (SSSR count). The molecule has 0 aromatic heterocycles. The van der Waals surface area contributed by atoms with Crippen molar-refractivity contribution in [1.29, 1.82) is 0 Å². The SMILES string of the molecule is O=C1CC(=O)N(CCCN2CCOCC2)C1. The van der Waals surface area contributed by atoms with Gasteiger partial charge in [-0.1, -0.05) is 0 Å². The van der Waals surface area contributed by atoms with Crippen LogP contribution in [0.25, 0.3) is 0 Å². The lowest BCUT2D eigenvalue weighted by Gasteiger charge is -2.27. The van der Waals surface area contributed by atoms with Crippen molar-refractivity contribution in [1.82, 2.24) is 9.80 Å². The van der Waals surface area contributed by atoms with Gasteiger partial charge in [0.1, 0.15) is 0 Å². The third kappa shape index (κ3) is 3.02. The summed E-state index contributed by atoms with van der Waals surface area (Å²) in [6.45, 7) is 5.59. The van der Waals surface area contributed by atoms with E-state index in [9.17, 15) is 9.59 Å². The number of rotatable bonds is 4. The van der Waals surface area contributed by atoms with Crippen molar-refractivity contribution in [3.05, 3.63) is 0 Å². The Hall–Kier alpha value is -0.940. The zero-order valence-corrected chi connectivity index (χ0v) is 9.48. The highest BCUT2D eigenvalue weighted by Gasteiger charge is 2.26. The molecule has 5 heteroatoms. The van der Waals surface area contributed by atoms with Crippen LogP contribution in [0.2, 0.25) is 0 Å². The molecule has 0 radical (unpaired) electrons. The Kier molecular flexibility index (Phi) is 3.90. The zero-order chi connectivity index (χ0) is 11.4. The van der Waals surface area contributed by atoms with E-state index < -0.39 is 0 Å². The summed E-state index contributed by atoms with van der Waals surface area (Å²) in [6.07, 6.45) is 1.05. The van der Waals surface area contributed by atoms with E-state index in [1.807, 2.05) is 0 Å². The van der Waals surface area contributed by atoms with Gasteiger partial charge in [0.25, 0.3) is 0 Å². The van der Waals surface area contributed by atoms with Gasteiger partial charge in [-0.3, -0.25) is 14.5 Å². The van der Waals surface area contributed by atoms with Crippen molar-refractivity contribution in [3.63, 3.8) is 0 Å². The lowest BCUT2D eigenvalue weighted by atomic mass is 10.3. The van der Waals surface area contributed by atoms with Gasteiger partial charge < -0.3 is 9.64 Å². The molecule has 2 aliphatic rings. The molecule has 0 aliphatic carbocycles. The van der Waals surface area contributed by atoms with Gasteiger partial charge in [-0.25, -0.2) is 0 Å². The Morgan fingerprint density at radius 2 is 1.88 bits per heavy atom. The number of carbonyl (C=O) groups is 2. The molecule has 0 N–H and O–H groups in total. The Balaban J connectivity index is 1.64. The van der Waals surface area contributed by atoms with Crippen LogP contribution in [0.3, 0.4) is 0 Å². The van der Waals surface area contributed by atoms with Crippen LogP contribution in [0.15, 0.2) is 0 Å². The molecule has 90 valence electrons. The van der Waals surface area contributed by atoms with Gasteiger partial charge >= 0.3 is 0 Å². The molecule has 0 saturated carbocycles. The largest absolute Gasteiger partial charge is 0.379 e. The Morgan fingerprint density at radius 1 is 1.12 bits per heavy atom. The van der Waals surface area contributed by atoms with Crippen LogP contribution in [-0.4, -0.2) is 67.4 Å². The minimum Gasteiger partial charge on any atom is -0.379 e. The monoisotopic (exact) mass is 226 g/mol. The van der Waals surface area contributed by atoms with Crippen LogP contribution >= 0.6 is 0 Å². The molecular formula is C11H18N2O3. The molecule has 2 heterocycles. The summed E-state index contributed by atoms with van der Waals surface area (Å²) in [5.41, 5.74) is 0. The van der Waals surface area contributed by atoms with Crippen molar-refractivity contribution in [2.75, 3.05) is 45.9 Å². The summed E-state index contributed by atoms with van der Waals surface area (Å²) in [5, 5.41) is 0. The summed E-state index contributed by atoms with van der Waals surface area (Å²) in [4.78, 5) is 26.4. The second-order valence-corrected chi connectivity index (χ2v) is 4.34. The van der Waals surface area contributed by atoms with Crippen LogP contribution in [0.1, 0.15) is 12.8 Å². The highest BCUT2D eigenvalue weighted by molar-refractivity contribution is 6.05. The number of ketones is 1. The molecule has 2 aliphatic heterocycles.